The number of halogens is 1. The van der Waals surface area contributed by atoms with Gasteiger partial charge in [0.25, 0.3) is 0 Å². The second-order valence-electron chi connectivity index (χ2n) is 6.58. The zero-order chi connectivity index (χ0) is 20.8. The second kappa shape index (κ2) is 9.61. The molecule has 4 aromatic rings. The van der Waals surface area contributed by atoms with E-state index in [1.807, 2.05) is 77.4 Å². The van der Waals surface area contributed by atoms with Crippen molar-refractivity contribution in [3.05, 3.63) is 101 Å². The maximum Gasteiger partial charge on any atom is 0.234 e. The van der Waals surface area contributed by atoms with Gasteiger partial charge in [-0.05, 0) is 42.0 Å². The summed E-state index contributed by atoms with van der Waals surface area (Å²) in [6.07, 6.45) is 0.632. The summed E-state index contributed by atoms with van der Waals surface area (Å²) in [6.45, 7) is 0. The number of nitrogens with zero attached hydrogens (tertiary/aromatic N) is 3. The first-order valence-corrected chi connectivity index (χ1v) is 10.8. The van der Waals surface area contributed by atoms with Crippen molar-refractivity contribution in [3.8, 4) is 5.69 Å². The van der Waals surface area contributed by atoms with Crippen LogP contribution in [0.2, 0.25) is 5.02 Å². The summed E-state index contributed by atoms with van der Waals surface area (Å²) in [4.78, 5) is 12.4. The van der Waals surface area contributed by atoms with Gasteiger partial charge < -0.3 is 5.32 Å². The van der Waals surface area contributed by atoms with Gasteiger partial charge in [0.15, 0.2) is 5.16 Å². The van der Waals surface area contributed by atoms with Gasteiger partial charge in [0, 0.05) is 22.8 Å². The number of aromatic nitrogens is 3. The SMILES string of the molecule is O=C(CSc1nnc(Cc2ccccc2)n1-c1ccc(Cl)cc1)Nc1ccccc1. The molecule has 30 heavy (non-hydrogen) atoms. The van der Waals surface area contributed by atoms with E-state index in [4.69, 9.17) is 11.6 Å². The largest absolute Gasteiger partial charge is 0.325 e. The van der Waals surface area contributed by atoms with Crippen molar-refractivity contribution >= 4 is 35.0 Å². The lowest BCUT2D eigenvalue weighted by Gasteiger charge is -2.11. The van der Waals surface area contributed by atoms with Crippen LogP contribution in [-0.2, 0) is 11.2 Å². The van der Waals surface area contributed by atoms with Crippen LogP contribution < -0.4 is 5.32 Å². The molecule has 4 rings (SSSR count). The molecule has 7 heteroatoms. The van der Waals surface area contributed by atoms with E-state index in [-0.39, 0.29) is 11.7 Å². The standard InChI is InChI=1S/C23H19ClN4OS/c24-18-11-13-20(14-12-18)28-21(15-17-7-3-1-4-8-17)26-27-23(28)30-16-22(29)25-19-9-5-2-6-10-19/h1-14H,15-16H2,(H,25,29). The fraction of sp³-hybridized carbons (Fsp3) is 0.0870. The number of carbonyl (C=O) groups is 1. The molecule has 0 aliphatic rings. The fourth-order valence-corrected chi connectivity index (χ4v) is 3.88. The number of rotatable bonds is 7. The van der Waals surface area contributed by atoms with Crippen LogP contribution in [0.5, 0.6) is 0 Å². The quantitative estimate of drug-likeness (QED) is 0.404. The molecule has 1 aromatic heterocycles. The number of hydrogen-bond acceptors (Lipinski definition) is 4. The number of para-hydroxylation sites is 1. The summed E-state index contributed by atoms with van der Waals surface area (Å²) >= 11 is 7.41. The van der Waals surface area contributed by atoms with Crippen molar-refractivity contribution in [2.24, 2.45) is 0 Å². The molecule has 0 unspecified atom stereocenters. The molecule has 0 saturated carbocycles. The zero-order valence-electron chi connectivity index (χ0n) is 16.0. The first-order valence-electron chi connectivity index (χ1n) is 9.41. The Hall–Kier alpha value is -3.09. The Morgan fingerprint density at radius 2 is 1.57 bits per heavy atom. The minimum atomic E-state index is -0.0959. The zero-order valence-corrected chi connectivity index (χ0v) is 17.6. The van der Waals surface area contributed by atoms with Gasteiger partial charge in [-0.3, -0.25) is 9.36 Å². The Morgan fingerprint density at radius 3 is 2.27 bits per heavy atom. The summed E-state index contributed by atoms with van der Waals surface area (Å²) in [5, 5.41) is 13.0. The highest BCUT2D eigenvalue weighted by Crippen LogP contribution is 2.25. The predicted molar refractivity (Wildman–Crippen MR) is 121 cm³/mol. The molecule has 1 heterocycles. The summed E-state index contributed by atoms with van der Waals surface area (Å²) in [5.41, 5.74) is 2.81. The molecule has 0 bridgehead atoms. The summed E-state index contributed by atoms with van der Waals surface area (Å²) in [6, 6.07) is 27.0. The molecule has 0 aliphatic heterocycles. The highest BCUT2D eigenvalue weighted by molar-refractivity contribution is 7.99. The smallest absolute Gasteiger partial charge is 0.234 e. The first-order chi connectivity index (χ1) is 14.7. The number of benzene rings is 3. The highest BCUT2D eigenvalue weighted by Gasteiger charge is 2.16. The van der Waals surface area contributed by atoms with Gasteiger partial charge in [-0.1, -0.05) is 71.9 Å². The van der Waals surface area contributed by atoms with Gasteiger partial charge in [0.05, 0.1) is 5.75 Å². The van der Waals surface area contributed by atoms with E-state index >= 15 is 0 Å². The molecule has 0 aliphatic carbocycles. The van der Waals surface area contributed by atoms with Crippen LogP contribution in [0.1, 0.15) is 11.4 Å². The van der Waals surface area contributed by atoms with Gasteiger partial charge in [0.1, 0.15) is 5.82 Å². The molecule has 3 aromatic carbocycles. The van der Waals surface area contributed by atoms with Crippen molar-refractivity contribution in [3.63, 3.8) is 0 Å². The number of anilines is 1. The Kier molecular flexibility index (Phi) is 6.47. The molecular formula is C23H19ClN4OS. The van der Waals surface area contributed by atoms with Gasteiger partial charge in [-0.15, -0.1) is 10.2 Å². The average Bonchev–Trinajstić information content (AvgIpc) is 3.16. The lowest BCUT2D eigenvalue weighted by Crippen LogP contribution is -2.14. The third-order valence-electron chi connectivity index (χ3n) is 4.38. The van der Waals surface area contributed by atoms with Gasteiger partial charge in [0.2, 0.25) is 5.91 Å². The normalized spacial score (nSPS) is 10.7. The van der Waals surface area contributed by atoms with E-state index in [9.17, 15) is 4.79 Å². The van der Waals surface area contributed by atoms with Crippen LogP contribution in [-0.4, -0.2) is 26.4 Å². The van der Waals surface area contributed by atoms with Crippen LogP contribution >= 0.6 is 23.4 Å². The van der Waals surface area contributed by atoms with E-state index < -0.39 is 0 Å². The lowest BCUT2D eigenvalue weighted by atomic mass is 10.1. The monoisotopic (exact) mass is 434 g/mol. The van der Waals surface area contributed by atoms with Crippen LogP contribution in [0.15, 0.2) is 90.1 Å². The van der Waals surface area contributed by atoms with Crippen molar-refractivity contribution < 1.29 is 4.79 Å². The molecule has 5 nitrogen and oxygen atoms in total. The van der Waals surface area contributed by atoms with Gasteiger partial charge in [-0.25, -0.2) is 0 Å². The first kappa shape index (κ1) is 20.2. The third-order valence-corrected chi connectivity index (χ3v) is 5.56. The van der Waals surface area contributed by atoms with E-state index in [1.54, 1.807) is 0 Å². The molecule has 1 N–H and O–H groups in total. The molecule has 0 saturated heterocycles. The molecule has 0 radical (unpaired) electrons. The number of hydrogen-bond donors (Lipinski definition) is 1. The minimum Gasteiger partial charge on any atom is -0.325 e. The molecular weight excluding hydrogens is 416 g/mol. The topological polar surface area (TPSA) is 59.8 Å². The molecule has 1 amide bonds. The molecule has 0 fully saturated rings. The Labute approximate surface area is 184 Å². The average molecular weight is 435 g/mol. The van der Waals surface area contributed by atoms with E-state index in [0.717, 1.165) is 22.8 Å². The van der Waals surface area contributed by atoms with Crippen molar-refractivity contribution in [2.75, 3.05) is 11.1 Å². The van der Waals surface area contributed by atoms with Crippen molar-refractivity contribution in [1.82, 2.24) is 14.8 Å². The summed E-state index contributed by atoms with van der Waals surface area (Å²) in [7, 11) is 0. The highest BCUT2D eigenvalue weighted by atomic mass is 35.5. The summed E-state index contributed by atoms with van der Waals surface area (Å²) < 4.78 is 1.98. The van der Waals surface area contributed by atoms with Crippen LogP contribution in [0.25, 0.3) is 5.69 Å². The second-order valence-corrected chi connectivity index (χ2v) is 7.95. The maximum atomic E-state index is 12.4. The lowest BCUT2D eigenvalue weighted by molar-refractivity contribution is -0.113. The van der Waals surface area contributed by atoms with Crippen LogP contribution in [0, 0.1) is 0 Å². The molecule has 150 valence electrons. The number of carbonyl (C=O) groups excluding carboxylic acids is 1. The van der Waals surface area contributed by atoms with Gasteiger partial charge >= 0.3 is 0 Å². The Balaban J connectivity index is 1.56. The minimum absolute atomic E-state index is 0.0959. The number of thioether (sulfide) groups is 1. The van der Waals surface area contributed by atoms with Crippen LogP contribution in [0.3, 0.4) is 0 Å². The number of nitrogens with one attached hydrogen (secondary N) is 1. The number of amides is 1. The Bertz CT molecular complexity index is 1120. The van der Waals surface area contributed by atoms with E-state index in [2.05, 4.69) is 27.6 Å². The predicted octanol–water partition coefficient (Wildman–Crippen LogP) is 5.24. The Morgan fingerprint density at radius 1 is 0.900 bits per heavy atom. The van der Waals surface area contributed by atoms with E-state index in [0.29, 0.717) is 16.6 Å². The van der Waals surface area contributed by atoms with Crippen molar-refractivity contribution in [1.29, 1.82) is 0 Å². The third kappa shape index (κ3) is 5.09. The van der Waals surface area contributed by atoms with Gasteiger partial charge in [-0.2, -0.15) is 0 Å². The molecule has 0 atom stereocenters. The maximum absolute atomic E-state index is 12.4. The molecule has 0 spiro atoms. The fourth-order valence-electron chi connectivity index (χ4n) is 2.98. The van der Waals surface area contributed by atoms with E-state index in [1.165, 1.54) is 11.8 Å². The summed E-state index contributed by atoms with van der Waals surface area (Å²) in [5.74, 6) is 0.933. The van der Waals surface area contributed by atoms with Crippen LogP contribution in [0.4, 0.5) is 5.69 Å². The van der Waals surface area contributed by atoms with Crippen molar-refractivity contribution in [2.45, 2.75) is 11.6 Å².